The molecular formula is C11H12OS. The van der Waals surface area contributed by atoms with Crippen molar-refractivity contribution >= 4 is 21.4 Å². The van der Waals surface area contributed by atoms with Gasteiger partial charge in [-0.25, -0.2) is 0 Å². The summed E-state index contributed by atoms with van der Waals surface area (Å²) in [5.41, 5.74) is 1.26. The monoisotopic (exact) mass is 192 g/mol. The smallest absolute Gasteiger partial charge is 0.127 e. The number of fused-ring (bicyclic) bond motifs is 1. The van der Waals surface area contributed by atoms with E-state index < -0.39 is 0 Å². The van der Waals surface area contributed by atoms with Crippen molar-refractivity contribution in [3.05, 3.63) is 28.6 Å². The molecule has 2 aromatic rings. The first-order chi connectivity index (χ1) is 6.20. The second kappa shape index (κ2) is 3.04. The number of rotatable bonds is 1. The minimum Gasteiger partial charge on any atom is -0.496 e. The highest BCUT2D eigenvalue weighted by Gasteiger charge is 2.05. The van der Waals surface area contributed by atoms with Gasteiger partial charge in [-0.2, -0.15) is 0 Å². The fraction of sp³-hybridized carbons (Fsp3) is 0.273. The summed E-state index contributed by atoms with van der Waals surface area (Å²) in [4.78, 5) is 1.33. The lowest BCUT2D eigenvalue weighted by Crippen LogP contribution is -1.83. The molecule has 0 aliphatic carbocycles. The van der Waals surface area contributed by atoms with E-state index in [4.69, 9.17) is 4.74 Å². The maximum atomic E-state index is 5.33. The normalized spacial score (nSPS) is 10.7. The van der Waals surface area contributed by atoms with Gasteiger partial charge >= 0.3 is 0 Å². The van der Waals surface area contributed by atoms with Gasteiger partial charge in [-0.15, -0.1) is 11.3 Å². The largest absolute Gasteiger partial charge is 0.496 e. The molecular weight excluding hydrogens is 180 g/mol. The lowest BCUT2D eigenvalue weighted by atomic mass is 10.2. The Morgan fingerprint density at radius 3 is 2.62 bits per heavy atom. The highest BCUT2D eigenvalue weighted by atomic mass is 32.1. The number of hydrogen-bond acceptors (Lipinski definition) is 2. The van der Waals surface area contributed by atoms with Gasteiger partial charge in [0.05, 0.1) is 7.11 Å². The van der Waals surface area contributed by atoms with Crippen LogP contribution in [-0.2, 0) is 0 Å². The lowest BCUT2D eigenvalue weighted by Gasteiger charge is -2.02. The molecule has 0 radical (unpaired) electrons. The zero-order valence-electron chi connectivity index (χ0n) is 8.05. The molecule has 1 nitrogen and oxygen atoms in total. The first-order valence-electron chi connectivity index (χ1n) is 4.25. The summed E-state index contributed by atoms with van der Waals surface area (Å²) in [6.45, 7) is 4.22. The SMILES string of the molecule is COc1cc(C)cc2sc(C)cc12. The van der Waals surface area contributed by atoms with Gasteiger partial charge in [0.15, 0.2) is 0 Å². The average molecular weight is 192 g/mol. The third-order valence-electron chi connectivity index (χ3n) is 2.09. The van der Waals surface area contributed by atoms with E-state index in [9.17, 15) is 0 Å². The fourth-order valence-electron chi connectivity index (χ4n) is 1.53. The van der Waals surface area contributed by atoms with Gasteiger partial charge in [0.2, 0.25) is 0 Å². The van der Waals surface area contributed by atoms with Crippen LogP contribution in [0.4, 0.5) is 0 Å². The van der Waals surface area contributed by atoms with Crippen LogP contribution in [0.5, 0.6) is 5.75 Å². The molecule has 0 atom stereocenters. The molecule has 0 aliphatic heterocycles. The third-order valence-corrected chi connectivity index (χ3v) is 3.08. The van der Waals surface area contributed by atoms with Crippen LogP contribution in [0.25, 0.3) is 10.1 Å². The maximum Gasteiger partial charge on any atom is 0.127 e. The number of benzene rings is 1. The van der Waals surface area contributed by atoms with Crippen LogP contribution in [0, 0.1) is 13.8 Å². The molecule has 0 amide bonds. The second-order valence-electron chi connectivity index (χ2n) is 3.24. The Labute approximate surface area is 82.0 Å². The Morgan fingerprint density at radius 2 is 1.92 bits per heavy atom. The van der Waals surface area contributed by atoms with E-state index in [2.05, 4.69) is 32.0 Å². The summed E-state index contributed by atoms with van der Waals surface area (Å²) in [5, 5.41) is 1.23. The Bertz CT molecular complexity index is 443. The predicted molar refractivity (Wildman–Crippen MR) is 57.9 cm³/mol. The van der Waals surface area contributed by atoms with E-state index in [-0.39, 0.29) is 0 Å². The minimum atomic E-state index is 0.986. The van der Waals surface area contributed by atoms with Gasteiger partial charge in [0.25, 0.3) is 0 Å². The fourth-order valence-corrected chi connectivity index (χ4v) is 2.57. The standard InChI is InChI=1S/C11H12OS/c1-7-4-10(12-3)9-6-8(2)13-11(9)5-7/h4-6H,1-3H3. The highest BCUT2D eigenvalue weighted by molar-refractivity contribution is 7.19. The van der Waals surface area contributed by atoms with E-state index in [1.54, 1.807) is 7.11 Å². The molecule has 2 heteroatoms. The van der Waals surface area contributed by atoms with Crippen LogP contribution >= 0.6 is 11.3 Å². The topological polar surface area (TPSA) is 9.23 Å². The molecule has 0 aliphatic rings. The Hall–Kier alpha value is -1.02. The van der Waals surface area contributed by atoms with Gasteiger partial charge in [-0.3, -0.25) is 0 Å². The first-order valence-corrected chi connectivity index (χ1v) is 5.07. The van der Waals surface area contributed by atoms with E-state index in [0.717, 1.165) is 5.75 Å². The molecule has 0 N–H and O–H groups in total. The lowest BCUT2D eigenvalue weighted by molar-refractivity contribution is 0.419. The molecule has 1 heterocycles. The van der Waals surface area contributed by atoms with Gasteiger partial charge < -0.3 is 4.74 Å². The Morgan fingerprint density at radius 1 is 1.15 bits per heavy atom. The Kier molecular flexibility index (Phi) is 2.00. The van der Waals surface area contributed by atoms with Crippen LogP contribution in [0.2, 0.25) is 0 Å². The number of aryl methyl sites for hydroxylation is 2. The quantitative estimate of drug-likeness (QED) is 0.671. The molecule has 13 heavy (non-hydrogen) atoms. The maximum absolute atomic E-state index is 5.33. The summed E-state index contributed by atoms with van der Waals surface area (Å²) in [6, 6.07) is 6.46. The van der Waals surface area contributed by atoms with E-state index in [0.29, 0.717) is 0 Å². The van der Waals surface area contributed by atoms with Crippen LogP contribution in [-0.4, -0.2) is 7.11 Å². The highest BCUT2D eigenvalue weighted by Crippen LogP contribution is 2.33. The molecule has 0 saturated heterocycles. The molecule has 68 valence electrons. The third kappa shape index (κ3) is 1.42. The summed E-state index contributed by atoms with van der Waals surface area (Å²) in [5.74, 6) is 0.986. The van der Waals surface area contributed by atoms with Crippen LogP contribution in [0.15, 0.2) is 18.2 Å². The molecule has 0 saturated carbocycles. The van der Waals surface area contributed by atoms with Crippen molar-refractivity contribution in [3.63, 3.8) is 0 Å². The molecule has 0 spiro atoms. The summed E-state index contributed by atoms with van der Waals surface area (Å²) < 4.78 is 6.64. The zero-order chi connectivity index (χ0) is 9.42. The first kappa shape index (κ1) is 8.57. The van der Waals surface area contributed by atoms with Crippen LogP contribution in [0.1, 0.15) is 10.4 Å². The van der Waals surface area contributed by atoms with Crippen molar-refractivity contribution in [3.8, 4) is 5.75 Å². The second-order valence-corrected chi connectivity index (χ2v) is 4.52. The van der Waals surface area contributed by atoms with Gasteiger partial charge in [0, 0.05) is 15.0 Å². The number of ether oxygens (including phenoxy) is 1. The van der Waals surface area contributed by atoms with Crippen LogP contribution < -0.4 is 4.74 Å². The summed E-state index contributed by atoms with van der Waals surface area (Å²) >= 11 is 1.82. The van der Waals surface area contributed by atoms with Gasteiger partial charge in [0.1, 0.15) is 5.75 Å². The van der Waals surface area contributed by atoms with E-state index >= 15 is 0 Å². The number of methoxy groups -OCH3 is 1. The average Bonchev–Trinajstić information content (AvgIpc) is 2.43. The van der Waals surface area contributed by atoms with Gasteiger partial charge in [-0.05, 0) is 37.6 Å². The minimum absolute atomic E-state index is 0.986. The molecule has 0 fully saturated rings. The van der Waals surface area contributed by atoms with Crippen molar-refractivity contribution in [1.82, 2.24) is 0 Å². The van der Waals surface area contributed by atoms with Crippen molar-refractivity contribution in [2.45, 2.75) is 13.8 Å². The van der Waals surface area contributed by atoms with Crippen molar-refractivity contribution in [1.29, 1.82) is 0 Å². The molecule has 1 aromatic heterocycles. The molecule has 2 rings (SSSR count). The van der Waals surface area contributed by atoms with Gasteiger partial charge in [-0.1, -0.05) is 0 Å². The molecule has 0 bridgehead atoms. The van der Waals surface area contributed by atoms with Crippen molar-refractivity contribution < 1.29 is 4.74 Å². The zero-order valence-corrected chi connectivity index (χ0v) is 8.87. The van der Waals surface area contributed by atoms with E-state index in [1.165, 1.54) is 20.5 Å². The summed E-state index contributed by atoms with van der Waals surface area (Å²) in [6.07, 6.45) is 0. The Balaban J connectivity index is 2.80. The molecule has 0 unspecified atom stereocenters. The number of hydrogen-bond donors (Lipinski definition) is 0. The summed E-state index contributed by atoms with van der Waals surface area (Å²) in [7, 11) is 1.72. The van der Waals surface area contributed by atoms with Crippen LogP contribution in [0.3, 0.4) is 0 Å². The molecule has 1 aromatic carbocycles. The van der Waals surface area contributed by atoms with E-state index in [1.807, 2.05) is 11.3 Å². The van der Waals surface area contributed by atoms with Crippen molar-refractivity contribution in [2.24, 2.45) is 0 Å². The predicted octanol–water partition coefficient (Wildman–Crippen LogP) is 3.53. The number of thiophene rings is 1. The van der Waals surface area contributed by atoms with Crippen molar-refractivity contribution in [2.75, 3.05) is 7.11 Å².